The topological polar surface area (TPSA) is 124 Å². The average molecular weight is 414 g/mol. The van der Waals surface area contributed by atoms with E-state index in [2.05, 4.69) is 15.5 Å². The van der Waals surface area contributed by atoms with E-state index in [1.165, 1.54) is 4.68 Å². The Labute approximate surface area is 166 Å². The monoisotopic (exact) mass is 414 g/mol. The summed E-state index contributed by atoms with van der Waals surface area (Å²) in [4.78, 5) is 36.1. The molecule has 10 nitrogen and oxygen atoms in total. The number of thioether (sulfide) groups is 1. The second kappa shape index (κ2) is 7.39. The number of para-hydroxylation sites is 1. The Balaban J connectivity index is 1.60. The molecule has 0 radical (unpaired) electrons. The number of rotatable bonds is 5. The van der Waals surface area contributed by atoms with E-state index in [4.69, 9.17) is 0 Å². The lowest BCUT2D eigenvalue weighted by Crippen LogP contribution is -2.31. The van der Waals surface area contributed by atoms with Crippen LogP contribution in [-0.2, 0) is 9.59 Å². The van der Waals surface area contributed by atoms with Gasteiger partial charge in [0, 0.05) is 12.5 Å². The summed E-state index contributed by atoms with van der Waals surface area (Å²) in [6, 6.07) is 11.9. The van der Waals surface area contributed by atoms with E-state index in [1.807, 2.05) is 6.07 Å². The van der Waals surface area contributed by atoms with E-state index >= 15 is 0 Å². The van der Waals surface area contributed by atoms with Crippen molar-refractivity contribution in [3.63, 3.8) is 0 Å². The lowest BCUT2D eigenvalue weighted by Gasteiger charge is -2.14. The van der Waals surface area contributed by atoms with Crippen molar-refractivity contribution in [3.05, 3.63) is 64.5 Å². The number of anilines is 1. The van der Waals surface area contributed by atoms with Gasteiger partial charge in [-0.2, -0.15) is 9.07 Å². The molecule has 0 saturated carbocycles. The van der Waals surface area contributed by atoms with Crippen LogP contribution in [0.3, 0.4) is 0 Å². The summed E-state index contributed by atoms with van der Waals surface area (Å²) < 4.78 is 15.0. The van der Waals surface area contributed by atoms with E-state index in [1.54, 1.807) is 24.3 Å². The first kappa shape index (κ1) is 18.7. The highest BCUT2D eigenvalue weighted by atomic mass is 32.2. The molecule has 1 saturated heterocycles. The molecule has 1 aromatic heterocycles. The minimum Gasteiger partial charge on any atom is -0.274 e. The highest BCUT2D eigenvalue weighted by molar-refractivity contribution is 8.00. The van der Waals surface area contributed by atoms with Crippen molar-refractivity contribution < 1.29 is 18.9 Å². The molecule has 146 valence electrons. The van der Waals surface area contributed by atoms with E-state index in [0.717, 1.165) is 34.9 Å². The Bertz CT molecular complexity index is 1120. The van der Waals surface area contributed by atoms with Crippen molar-refractivity contribution in [1.29, 1.82) is 0 Å². The van der Waals surface area contributed by atoms with Crippen molar-refractivity contribution in [2.45, 2.75) is 16.8 Å². The fourth-order valence-electron chi connectivity index (χ4n) is 2.86. The number of nitro benzene ring substituents is 1. The van der Waals surface area contributed by atoms with E-state index in [9.17, 15) is 24.1 Å². The lowest BCUT2D eigenvalue weighted by atomic mass is 10.2. The van der Waals surface area contributed by atoms with Gasteiger partial charge in [-0.15, -0.1) is 5.10 Å². The third-order valence-corrected chi connectivity index (χ3v) is 5.30. The molecule has 0 aliphatic carbocycles. The number of halogens is 1. The van der Waals surface area contributed by atoms with Crippen LogP contribution in [0.2, 0.25) is 0 Å². The number of benzene rings is 2. The van der Waals surface area contributed by atoms with Gasteiger partial charge in [-0.3, -0.25) is 19.7 Å². The largest absolute Gasteiger partial charge is 0.306 e. The standard InChI is InChI=1S/C17H11FN6O4S/c18-12-7-6-11(8-13(12)24(27)28)22-15(25)9-14(16(22)26)29-17-19-20-21-23(17)10-4-2-1-3-5-10/h1-8,14H,9H2/t14-/m1/s1. The molecule has 29 heavy (non-hydrogen) atoms. The van der Waals surface area contributed by atoms with Crippen LogP contribution in [-0.4, -0.2) is 42.2 Å². The van der Waals surface area contributed by atoms with Gasteiger partial charge >= 0.3 is 5.69 Å². The number of imide groups is 1. The fourth-order valence-corrected chi connectivity index (χ4v) is 3.87. The molecule has 0 spiro atoms. The van der Waals surface area contributed by atoms with E-state index < -0.39 is 33.5 Å². The lowest BCUT2D eigenvalue weighted by molar-refractivity contribution is -0.387. The van der Waals surface area contributed by atoms with Gasteiger partial charge in [0.15, 0.2) is 0 Å². The molecule has 1 aliphatic heterocycles. The molecule has 2 amide bonds. The SMILES string of the molecule is O=C1C[C@@H](Sc2nnnn2-c2ccccc2)C(=O)N1c1ccc(F)c([N+](=O)[O-])c1. The van der Waals surface area contributed by atoms with Crippen molar-refractivity contribution in [2.75, 3.05) is 4.90 Å². The summed E-state index contributed by atoms with van der Waals surface area (Å²) in [6.45, 7) is 0. The third-order valence-electron chi connectivity index (χ3n) is 4.18. The summed E-state index contributed by atoms with van der Waals surface area (Å²) in [5.41, 5.74) is -0.186. The second-order valence-electron chi connectivity index (χ2n) is 5.98. The van der Waals surface area contributed by atoms with E-state index in [0.29, 0.717) is 10.8 Å². The number of carbonyl (C=O) groups excluding carboxylic acids is 2. The summed E-state index contributed by atoms with van der Waals surface area (Å²) >= 11 is 1.01. The first-order valence-electron chi connectivity index (χ1n) is 8.27. The quantitative estimate of drug-likeness (QED) is 0.353. The molecular weight excluding hydrogens is 403 g/mol. The van der Waals surface area contributed by atoms with Crippen molar-refractivity contribution in [2.24, 2.45) is 0 Å². The Morgan fingerprint density at radius 1 is 1.14 bits per heavy atom. The molecule has 1 aliphatic rings. The highest BCUT2D eigenvalue weighted by Crippen LogP contribution is 2.35. The van der Waals surface area contributed by atoms with Gasteiger partial charge in [-0.25, -0.2) is 4.90 Å². The predicted octanol–water partition coefficient (Wildman–Crippen LogP) is 2.13. The minimum absolute atomic E-state index is 0.0566. The van der Waals surface area contributed by atoms with Gasteiger partial charge in [-0.05, 0) is 34.7 Å². The van der Waals surface area contributed by atoms with E-state index in [-0.39, 0.29) is 12.1 Å². The molecule has 4 rings (SSSR count). The number of tetrazole rings is 1. The number of hydrogen-bond acceptors (Lipinski definition) is 8. The highest BCUT2D eigenvalue weighted by Gasteiger charge is 2.41. The van der Waals surface area contributed by atoms with Gasteiger partial charge < -0.3 is 0 Å². The number of aromatic nitrogens is 4. The second-order valence-corrected chi connectivity index (χ2v) is 7.15. The molecule has 0 bridgehead atoms. The Kier molecular flexibility index (Phi) is 4.76. The van der Waals surface area contributed by atoms with Crippen LogP contribution < -0.4 is 4.90 Å². The van der Waals surface area contributed by atoms with Crippen molar-refractivity contribution >= 4 is 35.0 Å². The van der Waals surface area contributed by atoms with Gasteiger partial charge in [0.2, 0.25) is 22.8 Å². The average Bonchev–Trinajstić information content (AvgIpc) is 3.27. The zero-order valence-electron chi connectivity index (χ0n) is 14.5. The Morgan fingerprint density at radius 3 is 2.62 bits per heavy atom. The molecule has 1 fully saturated rings. The first-order chi connectivity index (χ1) is 14.0. The zero-order valence-corrected chi connectivity index (χ0v) is 15.3. The molecule has 0 unspecified atom stereocenters. The number of nitro groups is 1. The van der Waals surface area contributed by atoms with Crippen molar-refractivity contribution in [1.82, 2.24) is 20.2 Å². The Morgan fingerprint density at radius 2 is 1.90 bits per heavy atom. The number of carbonyl (C=O) groups is 2. The van der Waals surface area contributed by atoms with Crippen LogP contribution in [0.1, 0.15) is 6.42 Å². The maximum absolute atomic E-state index is 13.6. The van der Waals surface area contributed by atoms with Crippen molar-refractivity contribution in [3.8, 4) is 5.69 Å². The number of nitrogens with zero attached hydrogens (tertiary/aromatic N) is 6. The van der Waals surface area contributed by atoms with Crippen LogP contribution in [0.15, 0.2) is 53.7 Å². The molecule has 12 heteroatoms. The maximum atomic E-state index is 13.6. The summed E-state index contributed by atoms with van der Waals surface area (Å²) in [5.74, 6) is -2.18. The molecule has 0 N–H and O–H groups in total. The molecule has 3 aromatic rings. The summed E-state index contributed by atoms with van der Waals surface area (Å²) in [6.07, 6.45) is -0.143. The fraction of sp³-hybridized carbons (Fsp3) is 0.118. The van der Waals surface area contributed by atoms with Crippen LogP contribution in [0, 0.1) is 15.9 Å². The molecule has 2 heterocycles. The van der Waals surface area contributed by atoms with Gasteiger partial charge in [-0.1, -0.05) is 30.0 Å². The minimum atomic E-state index is -1.05. The normalized spacial score (nSPS) is 16.4. The first-order valence-corrected chi connectivity index (χ1v) is 9.15. The smallest absolute Gasteiger partial charge is 0.274 e. The summed E-state index contributed by atoms with van der Waals surface area (Å²) in [7, 11) is 0. The van der Waals surface area contributed by atoms with Gasteiger partial charge in [0.25, 0.3) is 0 Å². The summed E-state index contributed by atoms with van der Waals surface area (Å²) in [5, 5.41) is 21.9. The molecular formula is C17H11FN6O4S. The van der Waals surface area contributed by atoms with Crippen LogP contribution in [0.5, 0.6) is 0 Å². The van der Waals surface area contributed by atoms with Crippen LogP contribution in [0.25, 0.3) is 5.69 Å². The van der Waals surface area contributed by atoms with Gasteiger partial charge in [0.05, 0.1) is 16.3 Å². The number of hydrogen-bond donors (Lipinski definition) is 0. The van der Waals surface area contributed by atoms with Crippen LogP contribution >= 0.6 is 11.8 Å². The molecule has 2 aromatic carbocycles. The third kappa shape index (κ3) is 3.45. The maximum Gasteiger partial charge on any atom is 0.306 e. The Hall–Kier alpha value is -3.67. The zero-order chi connectivity index (χ0) is 20.5. The molecule has 1 atom stereocenters. The number of amides is 2. The van der Waals surface area contributed by atoms with Gasteiger partial charge in [0.1, 0.15) is 5.25 Å². The van der Waals surface area contributed by atoms with Crippen LogP contribution in [0.4, 0.5) is 15.8 Å². The predicted molar refractivity (Wildman–Crippen MR) is 99.0 cm³/mol.